The van der Waals surface area contributed by atoms with E-state index in [9.17, 15) is 9.59 Å². The zero-order valence-corrected chi connectivity index (χ0v) is 6.69. The van der Waals surface area contributed by atoms with E-state index in [1.165, 1.54) is 0 Å². The Morgan fingerprint density at radius 1 is 1.58 bits per heavy atom. The Morgan fingerprint density at radius 2 is 2.17 bits per heavy atom. The average molecular weight is 173 g/mol. The van der Waals surface area contributed by atoms with E-state index < -0.39 is 11.9 Å². The van der Waals surface area contributed by atoms with Crippen LogP contribution in [0.4, 0.5) is 0 Å². The summed E-state index contributed by atoms with van der Waals surface area (Å²) in [6.45, 7) is 1.76. The summed E-state index contributed by atoms with van der Waals surface area (Å²) in [4.78, 5) is 20.5. The molecule has 1 unspecified atom stereocenters. The highest BCUT2D eigenvalue weighted by atomic mass is 16.5. The number of hydrogen-bond acceptors (Lipinski definition) is 4. The lowest BCUT2D eigenvalue weighted by Crippen LogP contribution is -2.23. The second-order valence-electron chi connectivity index (χ2n) is 2.28. The smallest absolute Gasteiger partial charge is 0.331 e. The first-order chi connectivity index (χ1) is 5.52. The molecule has 0 saturated heterocycles. The Labute approximate surface area is 69.8 Å². The van der Waals surface area contributed by atoms with Gasteiger partial charge in [-0.05, 0) is 6.92 Å². The molecule has 0 bridgehead atoms. The molecular weight excluding hydrogens is 162 g/mol. The standard InChI is InChI=1S/C7H11NO4/c1-5(8)4-12-7(11)3-2-6(9)10/h2-3,5H,4,8H2,1H3,(H,9,10)/b3-2+. The number of aliphatic carboxylic acids is 1. The fourth-order valence-electron chi connectivity index (χ4n) is 0.401. The molecular formula is C7H11NO4. The van der Waals surface area contributed by atoms with Crippen LogP contribution in [0.25, 0.3) is 0 Å². The van der Waals surface area contributed by atoms with Crippen molar-refractivity contribution in [2.75, 3.05) is 6.61 Å². The number of carbonyl (C=O) groups excluding carboxylic acids is 1. The van der Waals surface area contributed by atoms with Gasteiger partial charge in [-0.1, -0.05) is 0 Å². The van der Waals surface area contributed by atoms with Crippen molar-refractivity contribution in [1.29, 1.82) is 0 Å². The summed E-state index contributed by atoms with van der Waals surface area (Å²) in [6, 6.07) is -0.243. The molecule has 0 aromatic heterocycles. The summed E-state index contributed by atoms with van der Waals surface area (Å²) < 4.78 is 4.54. The van der Waals surface area contributed by atoms with E-state index >= 15 is 0 Å². The maximum absolute atomic E-state index is 10.6. The highest BCUT2D eigenvalue weighted by Crippen LogP contribution is 1.84. The van der Waals surface area contributed by atoms with E-state index in [0.29, 0.717) is 6.08 Å². The second kappa shape index (κ2) is 5.31. The summed E-state index contributed by atoms with van der Waals surface area (Å²) in [6.07, 6.45) is 1.55. The van der Waals surface area contributed by atoms with Crippen molar-refractivity contribution in [3.8, 4) is 0 Å². The number of carbonyl (C=O) groups is 2. The predicted octanol–water partition coefficient (Wildman–Crippen LogP) is -0.482. The van der Waals surface area contributed by atoms with Crippen LogP contribution in [0.15, 0.2) is 12.2 Å². The zero-order chi connectivity index (χ0) is 9.56. The summed E-state index contributed by atoms with van der Waals surface area (Å²) in [5.74, 6) is -1.89. The van der Waals surface area contributed by atoms with Gasteiger partial charge >= 0.3 is 11.9 Å². The number of ether oxygens (including phenoxy) is 1. The van der Waals surface area contributed by atoms with Crippen LogP contribution in [0.5, 0.6) is 0 Å². The lowest BCUT2D eigenvalue weighted by atomic mass is 10.4. The predicted molar refractivity (Wildman–Crippen MR) is 41.4 cm³/mol. The summed E-state index contributed by atoms with van der Waals surface area (Å²) in [5.41, 5.74) is 5.28. The molecule has 0 aliphatic carbocycles. The van der Waals surface area contributed by atoms with Crippen LogP contribution in [0.1, 0.15) is 6.92 Å². The molecule has 0 spiro atoms. The van der Waals surface area contributed by atoms with E-state index in [2.05, 4.69) is 4.74 Å². The van der Waals surface area contributed by atoms with Crippen molar-refractivity contribution in [1.82, 2.24) is 0 Å². The minimum absolute atomic E-state index is 0.0861. The SMILES string of the molecule is CC(N)COC(=O)/C=C/C(=O)O. The van der Waals surface area contributed by atoms with E-state index in [0.717, 1.165) is 6.08 Å². The molecule has 5 heteroatoms. The van der Waals surface area contributed by atoms with Crippen LogP contribution in [-0.2, 0) is 14.3 Å². The van der Waals surface area contributed by atoms with Crippen molar-refractivity contribution in [3.05, 3.63) is 12.2 Å². The molecule has 0 aromatic carbocycles. The molecule has 1 atom stereocenters. The largest absolute Gasteiger partial charge is 0.478 e. The molecule has 0 fully saturated rings. The quantitative estimate of drug-likeness (QED) is 0.442. The molecule has 0 aliphatic rings. The molecule has 0 saturated carbocycles. The first kappa shape index (κ1) is 10.6. The highest BCUT2D eigenvalue weighted by molar-refractivity contribution is 5.90. The number of rotatable bonds is 4. The van der Waals surface area contributed by atoms with Gasteiger partial charge in [0.25, 0.3) is 0 Å². The van der Waals surface area contributed by atoms with E-state index in [1.54, 1.807) is 6.92 Å². The first-order valence-electron chi connectivity index (χ1n) is 3.35. The highest BCUT2D eigenvalue weighted by Gasteiger charge is 1.99. The van der Waals surface area contributed by atoms with E-state index in [1.807, 2.05) is 0 Å². The molecule has 3 N–H and O–H groups in total. The van der Waals surface area contributed by atoms with E-state index in [4.69, 9.17) is 10.8 Å². The van der Waals surface area contributed by atoms with Gasteiger partial charge in [-0.25, -0.2) is 9.59 Å². The topological polar surface area (TPSA) is 89.6 Å². The van der Waals surface area contributed by atoms with Gasteiger partial charge in [0.1, 0.15) is 6.61 Å². The Morgan fingerprint density at radius 3 is 2.58 bits per heavy atom. The number of nitrogens with two attached hydrogens (primary N) is 1. The Hall–Kier alpha value is -1.36. The van der Waals surface area contributed by atoms with Crippen molar-refractivity contribution < 1.29 is 19.4 Å². The minimum atomic E-state index is -1.19. The third kappa shape index (κ3) is 6.76. The molecule has 0 heterocycles. The van der Waals surface area contributed by atoms with Gasteiger partial charge in [0, 0.05) is 18.2 Å². The fourth-order valence-corrected chi connectivity index (χ4v) is 0.401. The lowest BCUT2D eigenvalue weighted by molar-refractivity contribution is -0.139. The monoisotopic (exact) mass is 173 g/mol. The normalized spacial score (nSPS) is 12.8. The van der Waals surface area contributed by atoms with Crippen molar-refractivity contribution >= 4 is 11.9 Å². The van der Waals surface area contributed by atoms with Gasteiger partial charge < -0.3 is 15.6 Å². The Kier molecular flexibility index (Phi) is 4.71. The average Bonchev–Trinajstić information content (AvgIpc) is 1.96. The zero-order valence-electron chi connectivity index (χ0n) is 6.69. The van der Waals surface area contributed by atoms with Crippen molar-refractivity contribution in [2.24, 2.45) is 5.73 Å². The molecule has 68 valence electrons. The third-order valence-electron chi connectivity index (χ3n) is 0.850. The Balaban J connectivity index is 3.67. The summed E-state index contributed by atoms with van der Waals surface area (Å²) in [5, 5.41) is 8.12. The lowest BCUT2D eigenvalue weighted by Gasteiger charge is -2.03. The van der Waals surface area contributed by atoms with Crippen LogP contribution >= 0.6 is 0 Å². The minimum Gasteiger partial charge on any atom is -0.478 e. The van der Waals surface area contributed by atoms with Gasteiger partial charge in [0.15, 0.2) is 0 Å². The summed E-state index contributed by atoms with van der Waals surface area (Å²) >= 11 is 0. The fraction of sp³-hybridized carbons (Fsp3) is 0.429. The molecule has 0 rings (SSSR count). The van der Waals surface area contributed by atoms with Gasteiger partial charge in [-0.3, -0.25) is 0 Å². The maximum atomic E-state index is 10.6. The number of carboxylic acids is 1. The molecule has 12 heavy (non-hydrogen) atoms. The molecule has 0 radical (unpaired) electrons. The van der Waals surface area contributed by atoms with E-state index in [-0.39, 0.29) is 12.6 Å². The van der Waals surface area contributed by atoms with Gasteiger partial charge in [0.2, 0.25) is 0 Å². The summed E-state index contributed by atoms with van der Waals surface area (Å²) in [7, 11) is 0. The first-order valence-corrected chi connectivity index (χ1v) is 3.35. The van der Waals surface area contributed by atoms with Crippen molar-refractivity contribution in [3.63, 3.8) is 0 Å². The van der Waals surface area contributed by atoms with Crippen molar-refractivity contribution in [2.45, 2.75) is 13.0 Å². The maximum Gasteiger partial charge on any atom is 0.331 e. The molecule has 0 aromatic rings. The molecule has 0 amide bonds. The van der Waals surface area contributed by atoms with Crippen LogP contribution in [0.3, 0.4) is 0 Å². The Bertz CT molecular complexity index is 198. The number of esters is 1. The van der Waals surface area contributed by atoms with Crippen LogP contribution < -0.4 is 5.73 Å². The van der Waals surface area contributed by atoms with Crippen LogP contribution in [0, 0.1) is 0 Å². The van der Waals surface area contributed by atoms with Gasteiger partial charge in [-0.15, -0.1) is 0 Å². The number of hydrogen-bond donors (Lipinski definition) is 2. The third-order valence-corrected chi connectivity index (χ3v) is 0.850. The molecule has 5 nitrogen and oxygen atoms in total. The van der Waals surface area contributed by atoms with Gasteiger partial charge in [-0.2, -0.15) is 0 Å². The number of carboxylic acid groups (broad SMARTS) is 1. The van der Waals surface area contributed by atoms with Crippen LogP contribution in [0.2, 0.25) is 0 Å². The molecule has 0 aliphatic heterocycles. The van der Waals surface area contributed by atoms with Gasteiger partial charge in [0.05, 0.1) is 0 Å². The second-order valence-corrected chi connectivity index (χ2v) is 2.28. The van der Waals surface area contributed by atoms with Crippen LogP contribution in [-0.4, -0.2) is 29.7 Å².